The molecular weight excluding hydrogens is 362 g/mol. The molecule has 0 spiro atoms. The van der Waals surface area contributed by atoms with Crippen molar-refractivity contribution in [1.82, 2.24) is 24.9 Å². The van der Waals surface area contributed by atoms with E-state index in [1.165, 1.54) is 0 Å². The molecule has 0 radical (unpaired) electrons. The number of hydrogen-bond donors (Lipinski definition) is 0. The number of rotatable bonds is 2. The van der Waals surface area contributed by atoms with Crippen LogP contribution in [0.25, 0.3) is 55.9 Å². The molecule has 6 nitrogen and oxygen atoms in total. The standard InChI is InChI=1S/C23H13N5O/c1-2-5-17-14(4-1)7-8-16-13-26-21(28-20(16)17)15-9-11-24-19(12-15)23-27-18-6-3-10-25-22(18)29-23/h1-13H. The summed E-state index contributed by atoms with van der Waals surface area (Å²) in [4.78, 5) is 22.5. The molecule has 0 fully saturated rings. The Hall–Kier alpha value is -4.19. The Kier molecular flexibility index (Phi) is 3.37. The Labute approximate surface area is 164 Å². The van der Waals surface area contributed by atoms with Crippen LogP contribution in [0.2, 0.25) is 0 Å². The highest BCUT2D eigenvalue weighted by molar-refractivity contribution is 6.05. The molecule has 0 saturated heterocycles. The van der Waals surface area contributed by atoms with E-state index in [2.05, 4.69) is 38.1 Å². The van der Waals surface area contributed by atoms with Gasteiger partial charge in [0.25, 0.3) is 0 Å². The van der Waals surface area contributed by atoms with Crippen molar-refractivity contribution in [2.45, 2.75) is 0 Å². The summed E-state index contributed by atoms with van der Waals surface area (Å²) in [5, 5.41) is 3.26. The minimum Gasteiger partial charge on any atom is -0.416 e. The van der Waals surface area contributed by atoms with Crippen LogP contribution < -0.4 is 0 Å². The fraction of sp³-hybridized carbons (Fsp3) is 0. The van der Waals surface area contributed by atoms with E-state index in [1.807, 2.05) is 48.7 Å². The summed E-state index contributed by atoms with van der Waals surface area (Å²) in [6.45, 7) is 0. The summed E-state index contributed by atoms with van der Waals surface area (Å²) in [5.74, 6) is 1.05. The molecule has 4 aromatic heterocycles. The highest BCUT2D eigenvalue weighted by atomic mass is 16.4. The predicted molar refractivity (Wildman–Crippen MR) is 111 cm³/mol. The van der Waals surface area contributed by atoms with Crippen molar-refractivity contribution in [3.05, 3.63) is 79.3 Å². The lowest BCUT2D eigenvalue weighted by atomic mass is 10.1. The summed E-state index contributed by atoms with van der Waals surface area (Å²) in [7, 11) is 0. The van der Waals surface area contributed by atoms with E-state index in [4.69, 9.17) is 9.40 Å². The van der Waals surface area contributed by atoms with Gasteiger partial charge in [0.15, 0.2) is 5.82 Å². The maximum Gasteiger partial charge on any atom is 0.248 e. The van der Waals surface area contributed by atoms with Crippen molar-refractivity contribution in [3.8, 4) is 23.0 Å². The van der Waals surface area contributed by atoms with E-state index in [-0.39, 0.29) is 0 Å². The Morgan fingerprint density at radius 2 is 1.66 bits per heavy atom. The van der Waals surface area contributed by atoms with E-state index in [9.17, 15) is 0 Å². The van der Waals surface area contributed by atoms with E-state index >= 15 is 0 Å². The molecule has 0 bridgehead atoms. The zero-order chi connectivity index (χ0) is 19.2. The number of hydrogen-bond acceptors (Lipinski definition) is 6. The van der Waals surface area contributed by atoms with Crippen LogP contribution in [0.4, 0.5) is 0 Å². The Balaban J connectivity index is 1.50. The predicted octanol–water partition coefficient (Wildman–Crippen LogP) is 5.05. The third kappa shape index (κ3) is 2.62. The van der Waals surface area contributed by atoms with E-state index in [1.54, 1.807) is 12.4 Å². The van der Waals surface area contributed by atoms with Crippen molar-refractivity contribution in [2.24, 2.45) is 0 Å². The number of pyridine rings is 2. The molecule has 6 rings (SSSR count). The molecule has 0 unspecified atom stereocenters. The van der Waals surface area contributed by atoms with Gasteiger partial charge in [-0.25, -0.2) is 19.9 Å². The SMILES string of the molecule is c1ccc2c(c1)ccc1cnc(-c3ccnc(-c4nc5cccnc5o4)c3)nc12. The van der Waals surface area contributed by atoms with Crippen LogP contribution in [0.5, 0.6) is 0 Å². The first-order valence-corrected chi connectivity index (χ1v) is 9.18. The summed E-state index contributed by atoms with van der Waals surface area (Å²) in [6, 6.07) is 19.8. The lowest BCUT2D eigenvalue weighted by Crippen LogP contribution is -1.92. The van der Waals surface area contributed by atoms with Gasteiger partial charge in [0, 0.05) is 34.9 Å². The van der Waals surface area contributed by atoms with Crippen molar-refractivity contribution in [2.75, 3.05) is 0 Å². The first-order chi connectivity index (χ1) is 14.3. The molecule has 0 amide bonds. The first-order valence-electron chi connectivity index (χ1n) is 9.18. The average Bonchev–Trinajstić information content (AvgIpc) is 3.23. The quantitative estimate of drug-likeness (QED) is 0.394. The van der Waals surface area contributed by atoms with E-state index < -0.39 is 0 Å². The van der Waals surface area contributed by atoms with Gasteiger partial charge < -0.3 is 4.42 Å². The Bertz CT molecular complexity index is 1490. The van der Waals surface area contributed by atoms with Crippen LogP contribution in [-0.4, -0.2) is 24.9 Å². The maximum absolute atomic E-state index is 5.75. The first kappa shape index (κ1) is 15.8. The van der Waals surface area contributed by atoms with Gasteiger partial charge >= 0.3 is 0 Å². The average molecular weight is 375 g/mol. The molecule has 4 heterocycles. The minimum absolute atomic E-state index is 0.423. The van der Waals surface area contributed by atoms with Gasteiger partial charge in [-0.3, -0.25) is 4.98 Å². The molecule has 0 aliphatic heterocycles. The number of fused-ring (bicyclic) bond motifs is 4. The topological polar surface area (TPSA) is 77.6 Å². The second-order valence-electron chi connectivity index (χ2n) is 6.69. The van der Waals surface area contributed by atoms with Gasteiger partial charge in [0.2, 0.25) is 11.6 Å². The minimum atomic E-state index is 0.423. The van der Waals surface area contributed by atoms with Crippen molar-refractivity contribution in [1.29, 1.82) is 0 Å². The van der Waals surface area contributed by atoms with E-state index in [0.29, 0.717) is 28.6 Å². The lowest BCUT2D eigenvalue weighted by Gasteiger charge is -2.06. The van der Waals surface area contributed by atoms with Gasteiger partial charge in [-0.05, 0) is 29.7 Å². The highest BCUT2D eigenvalue weighted by Crippen LogP contribution is 2.28. The van der Waals surface area contributed by atoms with E-state index in [0.717, 1.165) is 27.2 Å². The molecule has 6 aromatic rings. The van der Waals surface area contributed by atoms with Crippen LogP contribution in [-0.2, 0) is 0 Å². The van der Waals surface area contributed by atoms with Crippen LogP contribution in [0.1, 0.15) is 0 Å². The van der Waals surface area contributed by atoms with Crippen LogP contribution in [0.3, 0.4) is 0 Å². The summed E-state index contributed by atoms with van der Waals surface area (Å²) in [6.07, 6.45) is 5.24. The zero-order valence-corrected chi connectivity index (χ0v) is 15.1. The summed E-state index contributed by atoms with van der Waals surface area (Å²) < 4.78 is 5.75. The zero-order valence-electron chi connectivity index (χ0n) is 15.1. The Morgan fingerprint density at radius 3 is 2.62 bits per heavy atom. The summed E-state index contributed by atoms with van der Waals surface area (Å²) in [5.41, 5.74) is 3.57. The maximum atomic E-state index is 5.75. The second-order valence-corrected chi connectivity index (χ2v) is 6.69. The van der Waals surface area contributed by atoms with Gasteiger partial charge in [0.05, 0.1) is 5.52 Å². The Morgan fingerprint density at radius 1 is 0.724 bits per heavy atom. The molecule has 29 heavy (non-hydrogen) atoms. The molecule has 0 saturated carbocycles. The van der Waals surface area contributed by atoms with Gasteiger partial charge in [-0.2, -0.15) is 0 Å². The van der Waals surface area contributed by atoms with Gasteiger partial charge in [-0.1, -0.05) is 36.4 Å². The largest absolute Gasteiger partial charge is 0.416 e. The molecule has 0 aliphatic carbocycles. The molecular formula is C23H13N5O. The smallest absolute Gasteiger partial charge is 0.248 e. The van der Waals surface area contributed by atoms with Gasteiger partial charge in [0.1, 0.15) is 11.2 Å². The fourth-order valence-corrected chi connectivity index (χ4v) is 3.47. The van der Waals surface area contributed by atoms with Crippen molar-refractivity contribution < 1.29 is 4.42 Å². The normalized spacial score (nSPS) is 11.4. The number of benzene rings is 2. The second kappa shape index (κ2) is 6.17. The van der Waals surface area contributed by atoms with Crippen LogP contribution >= 0.6 is 0 Å². The fourth-order valence-electron chi connectivity index (χ4n) is 3.47. The summed E-state index contributed by atoms with van der Waals surface area (Å²) >= 11 is 0. The lowest BCUT2D eigenvalue weighted by molar-refractivity contribution is 0.605. The molecule has 2 aromatic carbocycles. The third-order valence-electron chi connectivity index (χ3n) is 4.88. The van der Waals surface area contributed by atoms with Crippen LogP contribution in [0.15, 0.2) is 83.7 Å². The monoisotopic (exact) mass is 375 g/mol. The van der Waals surface area contributed by atoms with Crippen LogP contribution in [0, 0.1) is 0 Å². The molecule has 0 N–H and O–H groups in total. The molecule has 0 aliphatic rings. The number of oxazole rings is 1. The number of nitrogens with zero attached hydrogens (tertiary/aromatic N) is 5. The number of aromatic nitrogens is 5. The van der Waals surface area contributed by atoms with Crippen molar-refractivity contribution >= 4 is 32.9 Å². The van der Waals surface area contributed by atoms with Gasteiger partial charge in [-0.15, -0.1) is 0 Å². The molecule has 0 atom stereocenters. The molecule has 136 valence electrons. The molecule has 6 heteroatoms. The highest BCUT2D eigenvalue weighted by Gasteiger charge is 2.13. The van der Waals surface area contributed by atoms with Crippen molar-refractivity contribution in [3.63, 3.8) is 0 Å². The third-order valence-corrected chi connectivity index (χ3v) is 4.88.